The van der Waals surface area contributed by atoms with Crippen LogP contribution in [0.1, 0.15) is 29.8 Å². The summed E-state index contributed by atoms with van der Waals surface area (Å²) in [5.41, 5.74) is 1.87. The van der Waals surface area contributed by atoms with Gasteiger partial charge in [-0.1, -0.05) is 37.3 Å². The van der Waals surface area contributed by atoms with Gasteiger partial charge < -0.3 is 14.7 Å². The molecule has 0 spiro atoms. The van der Waals surface area contributed by atoms with Gasteiger partial charge in [-0.05, 0) is 43.8 Å². The zero-order valence-corrected chi connectivity index (χ0v) is 20.7. The van der Waals surface area contributed by atoms with Crippen molar-refractivity contribution >= 4 is 5.91 Å². The highest BCUT2D eigenvalue weighted by molar-refractivity contribution is 5.98. The number of aliphatic hydroxyl groups excluding tert-OH is 1. The SMILES string of the molecule is C[C@@H]1CN([C@H](C)CO)C(=O)c2cc(-c3ccccc3F)cnc2O[C@H]1CN(C)Cc1cccc(F)c1. The van der Waals surface area contributed by atoms with E-state index in [0.29, 0.717) is 30.8 Å². The van der Waals surface area contributed by atoms with E-state index in [9.17, 15) is 18.7 Å². The maximum atomic E-state index is 14.5. The van der Waals surface area contributed by atoms with Crippen LogP contribution in [-0.2, 0) is 6.54 Å². The fourth-order valence-corrected chi connectivity index (χ4v) is 4.48. The van der Waals surface area contributed by atoms with Crippen molar-refractivity contribution in [3.8, 4) is 17.0 Å². The molecule has 1 aliphatic rings. The maximum absolute atomic E-state index is 14.5. The Labute approximate surface area is 210 Å². The number of nitrogens with zero attached hydrogens (tertiary/aromatic N) is 3. The van der Waals surface area contributed by atoms with Crippen LogP contribution in [0.15, 0.2) is 60.8 Å². The number of rotatable bonds is 7. The Morgan fingerprint density at radius 1 is 1.17 bits per heavy atom. The van der Waals surface area contributed by atoms with Gasteiger partial charge >= 0.3 is 0 Å². The third kappa shape index (κ3) is 5.71. The number of hydrogen-bond acceptors (Lipinski definition) is 5. The van der Waals surface area contributed by atoms with Gasteiger partial charge in [-0.2, -0.15) is 0 Å². The molecule has 2 heterocycles. The van der Waals surface area contributed by atoms with Crippen molar-refractivity contribution in [1.82, 2.24) is 14.8 Å². The Kier molecular flexibility index (Phi) is 7.96. The lowest BCUT2D eigenvalue weighted by Crippen LogP contribution is -2.49. The fourth-order valence-electron chi connectivity index (χ4n) is 4.48. The second-order valence-electron chi connectivity index (χ2n) is 9.51. The first kappa shape index (κ1) is 25.7. The fraction of sp³-hybridized carbons (Fsp3) is 0.357. The number of aromatic nitrogens is 1. The molecule has 1 amide bonds. The quantitative estimate of drug-likeness (QED) is 0.527. The van der Waals surface area contributed by atoms with E-state index in [2.05, 4.69) is 4.98 Å². The summed E-state index contributed by atoms with van der Waals surface area (Å²) in [6.07, 6.45) is 1.17. The van der Waals surface area contributed by atoms with Gasteiger partial charge in [0.1, 0.15) is 23.3 Å². The number of benzene rings is 2. The molecule has 1 aromatic heterocycles. The van der Waals surface area contributed by atoms with Crippen LogP contribution in [0.4, 0.5) is 8.78 Å². The van der Waals surface area contributed by atoms with E-state index in [0.717, 1.165) is 5.56 Å². The van der Waals surface area contributed by atoms with Crippen LogP contribution in [0, 0.1) is 17.6 Å². The third-order valence-electron chi connectivity index (χ3n) is 6.54. The minimum absolute atomic E-state index is 0.0842. The Balaban J connectivity index is 1.66. The molecule has 2 aromatic carbocycles. The Morgan fingerprint density at radius 3 is 2.67 bits per heavy atom. The molecule has 0 bridgehead atoms. The van der Waals surface area contributed by atoms with Crippen LogP contribution in [0.3, 0.4) is 0 Å². The van der Waals surface area contributed by atoms with E-state index in [-0.39, 0.29) is 41.8 Å². The van der Waals surface area contributed by atoms with Crippen molar-refractivity contribution in [2.45, 2.75) is 32.5 Å². The number of fused-ring (bicyclic) bond motifs is 1. The molecule has 3 aromatic rings. The van der Waals surface area contributed by atoms with E-state index in [4.69, 9.17) is 4.74 Å². The first-order valence-corrected chi connectivity index (χ1v) is 12.0. The summed E-state index contributed by atoms with van der Waals surface area (Å²) in [5, 5.41) is 9.84. The predicted molar refractivity (Wildman–Crippen MR) is 134 cm³/mol. The number of carbonyl (C=O) groups is 1. The molecule has 190 valence electrons. The molecule has 6 nitrogen and oxygen atoms in total. The number of ether oxygens (including phenoxy) is 1. The van der Waals surface area contributed by atoms with E-state index in [1.54, 1.807) is 42.2 Å². The molecule has 0 aliphatic carbocycles. The zero-order chi connectivity index (χ0) is 25.8. The normalized spacial score (nSPS) is 18.9. The summed E-state index contributed by atoms with van der Waals surface area (Å²) >= 11 is 0. The van der Waals surface area contributed by atoms with Gasteiger partial charge in [-0.15, -0.1) is 0 Å². The van der Waals surface area contributed by atoms with Gasteiger partial charge in [-0.25, -0.2) is 13.8 Å². The summed E-state index contributed by atoms with van der Waals surface area (Å²) in [6.45, 7) is 4.97. The van der Waals surface area contributed by atoms with Gasteiger partial charge in [0, 0.05) is 42.9 Å². The molecular weight excluding hydrogens is 464 g/mol. The molecule has 0 saturated heterocycles. The Morgan fingerprint density at radius 2 is 1.94 bits per heavy atom. The molecule has 1 aliphatic heterocycles. The maximum Gasteiger partial charge on any atom is 0.259 e. The van der Waals surface area contributed by atoms with Crippen LogP contribution in [0.25, 0.3) is 11.1 Å². The molecule has 0 saturated carbocycles. The summed E-state index contributed by atoms with van der Waals surface area (Å²) in [4.78, 5) is 21.6. The average Bonchev–Trinajstić information content (AvgIpc) is 2.86. The summed E-state index contributed by atoms with van der Waals surface area (Å²) < 4.78 is 34.4. The van der Waals surface area contributed by atoms with Crippen LogP contribution in [-0.4, -0.2) is 64.7 Å². The molecule has 4 rings (SSSR count). The topological polar surface area (TPSA) is 65.9 Å². The van der Waals surface area contributed by atoms with Crippen molar-refractivity contribution in [1.29, 1.82) is 0 Å². The lowest BCUT2D eigenvalue weighted by Gasteiger charge is -2.37. The van der Waals surface area contributed by atoms with Crippen LogP contribution >= 0.6 is 0 Å². The summed E-state index contributed by atoms with van der Waals surface area (Å²) in [6, 6.07) is 14.0. The minimum atomic E-state index is -0.423. The van der Waals surface area contributed by atoms with E-state index in [1.165, 1.54) is 24.4 Å². The lowest BCUT2D eigenvalue weighted by atomic mass is 9.99. The van der Waals surface area contributed by atoms with Crippen molar-refractivity contribution in [3.05, 3.63) is 83.6 Å². The highest BCUT2D eigenvalue weighted by Crippen LogP contribution is 2.31. The monoisotopic (exact) mass is 495 g/mol. The van der Waals surface area contributed by atoms with Crippen LogP contribution in [0.2, 0.25) is 0 Å². The highest BCUT2D eigenvalue weighted by Gasteiger charge is 2.34. The lowest BCUT2D eigenvalue weighted by molar-refractivity contribution is 0.0325. The molecule has 0 fully saturated rings. The molecular formula is C28H31F2N3O3. The average molecular weight is 496 g/mol. The van der Waals surface area contributed by atoms with Gasteiger partial charge in [0.15, 0.2) is 0 Å². The molecule has 0 unspecified atom stereocenters. The van der Waals surface area contributed by atoms with Crippen LogP contribution in [0.5, 0.6) is 5.88 Å². The number of likely N-dealkylation sites (N-methyl/N-ethyl adjacent to an activating group) is 1. The number of amides is 1. The minimum Gasteiger partial charge on any atom is -0.472 e. The number of aliphatic hydroxyl groups is 1. The molecule has 1 N–H and O–H groups in total. The predicted octanol–water partition coefficient (Wildman–Crippen LogP) is 4.38. The Bertz CT molecular complexity index is 1220. The van der Waals surface area contributed by atoms with Gasteiger partial charge in [0.2, 0.25) is 5.88 Å². The third-order valence-corrected chi connectivity index (χ3v) is 6.54. The molecule has 3 atom stereocenters. The first-order valence-electron chi connectivity index (χ1n) is 12.0. The van der Waals surface area contributed by atoms with Gasteiger partial charge in [0.05, 0.1) is 12.6 Å². The number of carbonyl (C=O) groups excluding carboxylic acids is 1. The zero-order valence-electron chi connectivity index (χ0n) is 20.7. The van der Waals surface area contributed by atoms with Crippen molar-refractivity contribution in [2.75, 3.05) is 26.7 Å². The second kappa shape index (κ2) is 11.1. The van der Waals surface area contributed by atoms with Crippen molar-refractivity contribution < 1.29 is 23.4 Å². The van der Waals surface area contributed by atoms with E-state index < -0.39 is 11.9 Å². The second-order valence-corrected chi connectivity index (χ2v) is 9.51. The van der Waals surface area contributed by atoms with Crippen molar-refractivity contribution in [2.24, 2.45) is 5.92 Å². The summed E-state index contributed by atoms with van der Waals surface area (Å²) in [5.74, 6) is -0.933. The number of halogens is 2. The summed E-state index contributed by atoms with van der Waals surface area (Å²) in [7, 11) is 1.93. The standard InChI is InChI=1S/C28H31F2N3O3/c1-18-14-33(19(2)17-34)28(35)24-12-21(23-9-4-5-10-25(23)30)13-31-27(24)36-26(18)16-32(3)15-20-7-6-8-22(29)11-20/h4-13,18-19,26,34H,14-17H2,1-3H3/t18-,19-,26+/m1/s1. The van der Waals surface area contributed by atoms with E-state index in [1.807, 2.05) is 24.9 Å². The number of hydrogen-bond donors (Lipinski definition) is 1. The van der Waals surface area contributed by atoms with Gasteiger partial charge in [0.25, 0.3) is 5.91 Å². The molecule has 0 radical (unpaired) electrons. The number of pyridine rings is 1. The van der Waals surface area contributed by atoms with Gasteiger partial charge in [-0.3, -0.25) is 9.69 Å². The highest BCUT2D eigenvalue weighted by atomic mass is 19.1. The van der Waals surface area contributed by atoms with Crippen molar-refractivity contribution in [3.63, 3.8) is 0 Å². The first-order chi connectivity index (χ1) is 17.3. The molecule has 36 heavy (non-hydrogen) atoms. The smallest absolute Gasteiger partial charge is 0.259 e. The largest absolute Gasteiger partial charge is 0.472 e. The Hall–Kier alpha value is -3.36. The van der Waals surface area contributed by atoms with E-state index >= 15 is 0 Å². The van der Waals surface area contributed by atoms with Crippen LogP contribution < -0.4 is 4.74 Å². The molecule has 8 heteroatoms.